The number of ether oxygens (including phenoxy) is 1. The number of phenols is 1. The van der Waals surface area contributed by atoms with Crippen LogP contribution in [-0.2, 0) is 6.42 Å². The summed E-state index contributed by atoms with van der Waals surface area (Å²) in [4.78, 5) is 12.4. The van der Waals surface area contributed by atoms with Crippen LogP contribution in [0.4, 0.5) is 0 Å². The van der Waals surface area contributed by atoms with Crippen LogP contribution in [0.2, 0.25) is 0 Å². The van der Waals surface area contributed by atoms with Gasteiger partial charge in [-0.2, -0.15) is 0 Å². The van der Waals surface area contributed by atoms with Gasteiger partial charge in [-0.1, -0.05) is 18.2 Å². The van der Waals surface area contributed by atoms with Crippen molar-refractivity contribution in [3.8, 4) is 11.5 Å². The first kappa shape index (κ1) is 13.2. The third kappa shape index (κ3) is 2.48. The standard InChI is InChI=1S/C17H14O4/c1-20-13-7-5-11(6-8-13)9-12-10-21-15-4-2-3-14(18)16(15)17(12)19/h2-8,10,18H,9H2,1H3. The highest BCUT2D eigenvalue weighted by Gasteiger charge is 2.11. The first-order chi connectivity index (χ1) is 10.2. The molecule has 0 saturated carbocycles. The Kier molecular flexibility index (Phi) is 3.36. The fraction of sp³-hybridized carbons (Fsp3) is 0.118. The van der Waals surface area contributed by atoms with Gasteiger partial charge in [0.1, 0.15) is 22.5 Å². The Morgan fingerprint density at radius 2 is 1.90 bits per heavy atom. The number of hydrogen-bond donors (Lipinski definition) is 1. The summed E-state index contributed by atoms with van der Waals surface area (Å²) in [5.41, 5.74) is 1.66. The van der Waals surface area contributed by atoms with Gasteiger partial charge in [0.25, 0.3) is 0 Å². The summed E-state index contributed by atoms with van der Waals surface area (Å²) in [5.74, 6) is 0.708. The third-order valence-corrected chi connectivity index (χ3v) is 3.40. The topological polar surface area (TPSA) is 59.7 Å². The lowest BCUT2D eigenvalue weighted by atomic mass is 10.0. The number of fused-ring (bicyclic) bond motifs is 1. The fourth-order valence-electron chi connectivity index (χ4n) is 2.28. The van der Waals surface area contributed by atoms with E-state index in [9.17, 15) is 9.90 Å². The van der Waals surface area contributed by atoms with E-state index in [0.717, 1.165) is 11.3 Å². The highest BCUT2D eigenvalue weighted by atomic mass is 16.5. The van der Waals surface area contributed by atoms with Crippen molar-refractivity contribution >= 4 is 11.0 Å². The zero-order valence-corrected chi connectivity index (χ0v) is 11.5. The van der Waals surface area contributed by atoms with Crippen LogP contribution in [-0.4, -0.2) is 12.2 Å². The molecule has 0 fully saturated rings. The van der Waals surface area contributed by atoms with E-state index in [-0.39, 0.29) is 16.6 Å². The second kappa shape index (κ2) is 5.32. The highest BCUT2D eigenvalue weighted by Crippen LogP contribution is 2.22. The molecule has 0 aliphatic carbocycles. The minimum atomic E-state index is -0.204. The van der Waals surface area contributed by atoms with Gasteiger partial charge < -0.3 is 14.3 Å². The average molecular weight is 282 g/mol. The van der Waals surface area contributed by atoms with Crippen molar-refractivity contribution < 1.29 is 14.3 Å². The monoisotopic (exact) mass is 282 g/mol. The molecule has 0 aliphatic heterocycles. The van der Waals surface area contributed by atoms with Crippen LogP contribution in [0.3, 0.4) is 0 Å². The van der Waals surface area contributed by atoms with E-state index in [2.05, 4.69) is 0 Å². The Hall–Kier alpha value is -2.75. The summed E-state index contributed by atoms with van der Waals surface area (Å²) in [5, 5.41) is 10.1. The summed E-state index contributed by atoms with van der Waals surface area (Å²) in [6, 6.07) is 12.3. The van der Waals surface area contributed by atoms with Crippen LogP contribution >= 0.6 is 0 Å². The molecule has 0 aliphatic rings. The summed E-state index contributed by atoms with van der Waals surface area (Å²) in [6.07, 6.45) is 1.89. The number of benzene rings is 2. The average Bonchev–Trinajstić information content (AvgIpc) is 2.51. The normalized spacial score (nSPS) is 10.7. The van der Waals surface area contributed by atoms with E-state index in [4.69, 9.17) is 9.15 Å². The van der Waals surface area contributed by atoms with E-state index in [1.165, 1.54) is 12.3 Å². The molecular weight excluding hydrogens is 268 g/mol. The van der Waals surface area contributed by atoms with E-state index < -0.39 is 0 Å². The van der Waals surface area contributed by atoms with E-state index >= 15 is 0 Å². The molecule has 0 unspecified atom stereocenters. The number of methoxy groups -OCH3 is 1. The van der Waals surface area contributed by atoms with Gasteiger partial charge in [0.15, 0.2) is 5.43 Å². The molecule has 0 bridgehead atoms. The van der Waals surface area contributed by atoms with Gasteiger partial charge >= 0.3 is 0 Å². The van der Waals surface area contributed by atoms with E-state index in [1.54, 1.807) is 19.2 Å². The Bertz CT molecular complexity index is 832. The van der Waals surface area contributed by atoms with Crippen molar-refractivity contribution in [1.82, 2.24) is 0 Å². The maximum absolute atomic E-state index is 12.4. The fourth-order valence-corrected chi connectivity index (χ4v) is 2.28. The van der Waals surface area contributed by atoms with Gasteiger partial charge in [-0.25, -0.2) is 0 Å². The summed E-state index contributed by atoms with van der Waals surface area (Å²) < 4.78 is 10.5. The molecule has 3 rings (SSSR count). The van der Waals surface area contributed by atoms with Gasteiger partial charge in [0.2, 0.25) is 0 Å². The lowest BCUT2D eigenvalue weighted by Gasteiger charge is -2.05. The molecular formula is C17H14O4. The van der Waals surface area contributed by atoms with Crippen molar-refractivity contribution in [3.05, 3.63) is 70.1 Å². The number of hydrogen-bond acceptors (Lipinski definition) is 4. The first-order valence-corrected chi connectivity index (χ1v) is 6.54. The molecule has 4 heteroatoms. The minimum absolute atomic E-state index is 0.0576. The molecule has 4 nitrogen and oxygen atoms in total. The van der Waals surface area contributed by atoms with Crippen LogP contribution in [0.5, 0.6) is 11.5 Å². The Labute approximate surface area is 121 Å². The molecule has 0 amide bonds. The zero-order chi connectivity index (χ0) is 14.8. The third-order valence-electron chi connectivity index (χ3n) is 3.40. The second-order valence-corrected chi connectivity index (χ2v) is 4.77. The molecule has 1 heterocycles. The molecule has 2 aromatic carbocycles. The van der Waals surface area contributed by atoms with Gasteiger partial charge in [0, 0.05) is 12.0 Å². The highest BCUT2D eigenvalue weighted by molar-refractivity contribution is 5.83. The van der Waals surface area contributed by atoms with Crippen LogP contribution in [0.1, 0.15) is 11.1 Å². The van der Waals surface area contributed by atoms with E-state index in [1.807, 2.05) is 24.3 Å². The minimum Gasteiger partial charge on any atom is -0.507 e. The lowest BCUT2D eigenvalue weighted by Crippen LogP contribution is -2.09. The van der Waals surface area contributed by atoms with Gasteiger partial charge in [-0.15, -0.1) is 0 Å². The molecule has 0 saturated heterocycles. The summed E-state index contributed by atoms with van der Waals surface area (Å²) in [6.45, 7) is 0. The molecule has 3 aromatic rings. The smallest absolute Gasteiger partial charge is 0.199 e. The maximum atomic E-state index is 12.4. The van der Waals surface area contributed by atoms with Crippen LogP contribution in [0.25, 0.3) is 11.0 Å². The second-order valence-electron chi connectivity index (χ2n) is 4.77. The largest absolute Gasteiger partial charge is 0.507 e. The number of rotatable bonds is 3. The van der Waals surface area contributed by atoms with Crippen molar-refractivity contribution in [2.75, 3.05) is 7.11 Å². The zero-order valence-electron chi connectivity index (χ0n) is 11.5. The van der Waals surface area contributed by atoms with Crippen LogP contribution in [0.15, 0.2) is 57.9 Å². The molecule has 1 aromatic heterocycles. The van der Waals surface area contributed by atoms with Gasteiger partial charge in [-0.05, 0) is 29.8 Å². The van der Waals surface area contributed by atoms with Crippen molar-refractivity contribution in [1.29, 1.82) is 0 Å². The molecule has 0 atom stereocenters. The van der Waals surface area contributed by atoms with Crippen LogP contribution < -0.4 is 10.2 Å². The van der Waals surface area contributed by atoms with Crippen molar-refractivity contribution in [2.24, 2.45) is 0 Å². The Morgan fingerprint density at radius 3 is 2.62 bits per heavy atom. The lowest BCUT2D eigenvalue weighted by molar-refractivity contribution is 0.414. The molecule has 21 heavy (non-hydrogen) atoms. The number of aromatic hydroxyl groups is 1. The first-order valence-electron chi connectivity index (χ1n) is 6.54. The quantitative estimate of drug-likeness (QED) is 0.802. The Balaban J connectivity index is 2.02. The molecule has 106 valence electrons. The predicted octanol–water partition coefficient (Wildman–Crippen LogP) is 3.10. The SMILES string of the molecule is COc1ccc(Cc2coc3cccc(O)c3c2=O)cc1. The Morgan fingerprint density at radius 1 is 1.14 bits per heavy atom. The van der Waals surface area contributed by atoms with Crippen molar-refractivity contribution in [3.63, 3.8) is 0 Å². The molecule has 1 N–H and O–H groups in total. The van der Waals surface area contributed by atoms with Crippen LogP contribution in [0, 0.1) is 0 Å². The van der Waals surface area contributed by atoms with Gasteiger partial charge in [-0.3, -0.25) is 4.79 Å². The number of phenolic OH excluding ortho intramolecular Hbond substituents is 1. The molecule has 0 spiro atoms. The molecule has 0 radical (unpaired) electrons. The van der Waals surface area contributed by atoms with Gasteiger partial charge in [0.05, 0.1) is 13.4 Å². The van der Waals surface area contributed by atoms with E-state index in [0.29, 0.717) is 17.6 Å². The predicted molar refractivity (Wildman–Crippen MR) is 79.9 cm³/mol. The van der Waals surface area contributed by atoms with Crippen molar-refractivity contribution in [2.45, 2.75) is 6.42 Å². The summed E-state index contributed by atoms with van der Waals surface area (Å²) in [7, 11) is 1.61. The maximum Gasteiger partial charge on any atom is 0.199 e. The summed E-state index contributed by atoms with van der Waals surface area (Å²) >= 11 is 0.